The van der Waals surface area contributed by atoms with E-state index in [9.17, 15) is 4.79 Å². The lowest BCUT2D eigenvalue weighted by atomic mass is 10.0. The summed E-state index contributed by atoms with van der Waals surface area (Å²) in [5.41, 5.74) is -0.576. The molecule has 0 aliphatic carbocycles. The molecule has 0 aliphatic heterocycles. The highest BCUT2D eigenvalue weighted by atomic mass is 35.5. The lowest BCUT2D eigenvalue weighted by Crippen LogP contribution is -2.42. The van der Waals surface area contributed by atoms with Crippen LogP contribution in [0, 0.1) is 6.92 Å². The maximum atomic E-state index is 12.2. The third-order valence-corrected chi connectivity index (χ3v) is 3.37. The van der Waals surface area contributed by atoms with Crippen LogP contribution in [-0.2, 0) is 5.54 Å². The summed E-state index contributed by atoms with van der Waals surface area (Å²) in [5, 5.41) is 6.76. The minimum absolute atomic E-state index is 0.0764. The van der Waals surface area contributed by atoms with Gasteiger partial charge in [0, 0.05) is 13.1 Å². The molecular formula is C12H12Cl2N4O2. The number of nitrogens with one attached hydrogen (secondary N) is 1. The summed E-state index contributed by atoms with van der Waals surface area (Å²) in [6.07, 6.45) is 1.41. The topological polar surface area (TPSA) is 80.9 Å². The van der Waals surface area contributed by atoms with Crippen LogP contribution in [0.1, 0.15) is 35.9 Å². The van der Waals surface area contributed by atoms with Crippen LogP contribution in [0.2, 0.25) is 10.2 Å². The Morgan fingerprint density at radius 1 is 1.40 bits per heavy atom. The fourth-order valence-corrected chi connectivity index (χ4v) is 1.91. The van der Waals surface area contributed by atoms with Crippen molar-refractivity contribution in [3.8, 4) is 0 Å². The second-order valence-electron chi connectivity index (χ2n) is 4.68. The highest BCUT2D eigenvalue weighted by Gasteiger charge is 2.29. The molecule has 0 radical (unpaired) electrons. The molecule has 8 heteroatoms. The molecule has 2 aromatic heterocycles. The first kappa shape index (κ1) is 14.7. The predicted octanol–water partition coefficient (Wildman–Crippen LogP) is 2.74. The maximum absolute atomic E-state index is 12.2. The van der Waals surface area contributed by atoms with Gasteiger partial charge in [0.15, 0.2) is 5.82 Å². The Morgan fingerprint density at radius 2 is 2.10 bits per heavy atom. The van der Waals surface area contributed by atoms with Gasteiger partial charge in [0.25, 0.3) is 5.91 Å². The van der Waals surface area contributed by atoms with Crippen molar-refractivity contribution in [3.63, 3.8) is 0 Å². The molecule has 2 aromatic rings. The number of carbonyl (C=O) groups excluding carboxylic acids is 1. The van der Waals surface area contributed by atoms with Crippen LogP contribution in [0.25, 0.3) is 0 Å². The van der Waals surface area contributed by atoms with Gasteiger partial charge >= 0.3 is 0 Å². The number of aryl methyl sites for hydroxylation is 1. The van der Waals surface area contributed by atoms with Crippen LogP contribution in [0.5, 0.6) is 0 Å². The molecule has 0 unspecified atom stereocenters. The Labute approximate surface area is 125 Å². The molecule has 106 valence electrons. The summed E-state index contributed by atoms with van der Waals surface area (Å²) >= 11 is 11.7. The molecule has 6 nitrogen and oxygen atoms in total. The molecule has 0 fully saturated rings. The molecule has 2 rings (SSSR count). The van der Waals surface area contributed by atoms with Crippen molar-refractivity contribution in [3.05, 3.63) is 39.7 Å². The van der Waals surface area contributed by atoms with E-state index in [1.807, 2.05) is 0 Å². The molecule has 0 bridgehead atoms. The smallest absolute Gasteiger partial charge is 0.253 e. The number of nitrogens with zero attached hydrogens (tertiary/aromatic N) is 3. The minimum Gasteiger partial charge on any atom is -0.340 e. The van der Waals surface area contributed by atoms with Crippen molar-refractivity contribution >= 4 is 29.1 Å². The van der Waals surface area contributed by atoms with E-state index in [1.165, 1.54) is 12.3 Å². The average molecular weight is 315 g/mol. The van der Waals surface area contributed by atoms with Crippen molar-refractivity contribution in [2.75, 3.05) is 0 Å². The Bertz CT molecular complexity index is 655. The Hall–Kier alpha value is -1.66. The van der Waals surface area contributed by atoms with E-state index >= 15 is 0 Å². The summed E-state index contributed by atoms with van der Waals surface area (Å²) in [7, 11) is 0. The van der Waals surface area contributed by atoms with Crippen molar-refractivity contribution in [1.29, 1.82) is 0 Å². The SMILES string of the molecule is Cc1nc(C(C)(C)NC(=O)c2ccnc(Cl)c2Cl)no1. The van der Waals surface area contributed by atoms with Gasteiger partial charge in [-0.3, -0.25) is 4.79 Å². The number of pyridine rings is 1. The summed E-state index contributed by atoms with van der Waals surface area (Å²) < 4.78 is 4.91. The van der Waals surface area contributed by atoms with E-state index in [0.717, 1.165) is 0 Å². The van der Waals surface area contributed by atoms with Crippen LogP contribution in [0.15, 0.2) is 16.8 Å². The molecule has 0 aliphatic rings. The lowest BCUT2D eigenvalue weighted by molar-refractivity contribution is 0.0907. The highest BCUT2D eigenvalue weighted by molar-refractivity contribution is 6.43. The van der Waals surface area contributed by atoms with E-state index in [0.29, 0.717) is 11.7 Å². The molecule has 0 saturated carbocycles. The number of amides is 1. The number of aromatic nitrogens is 3. The van der Waals surface area contributed by atoms with Gasteiger partial charge in [-0.25, -0.2) is 4.98 Å². The maximum Gasteiger partial charge on any atom is 0.253 e. The van der Waals surface area contributed by atoms with Gasteiger partial charge in [-0.2, -0.15) is 4.98 Å². The number of hydrogen-bond donors (Lipinski definition) is 1. The zero-order valence-electron chi connectivity index (χ0n) is 11.1. The van der Waals surface area contributed by atoms with E-state index in [4.69, 9.17) is 27.7 Å². The van der Waals surface area contributed by atoms with Crippen molar-refractivity contribution < 1.29 is 9.32 Å². The lowest BCUT2D eigenvalue weighted by Gasteiger charge is -2.22. The predicted molar refractivity (Wildman–Crippen MR) is 73.8 cm³/mol. The van der Waals surface area contributed by atoms with Gasteiger partial charge in [0.2, 0.25) is 5.89 Å². The number of halogens is 2. The second-order valence-corrected chi connectivity index (χ2v) is 5.42. The van der Waals surface area contributed by atoms with Crippen LogP contribution in [0.3, 0.4) is 0 Å². The van der Waals surface area contributed by atoms with Gasteiger partial charge in [-0.05, 0) is 19.9 Å². The van der Waals surface area contributed by atoms with E-state index < -0.39 is 11.4 Å². The quantitative estimate of drug-likeness (QED) is 0.881. The Morgan fingerprint density at radius 3 is 2.70 bits per heavy atom. The van der Waals surface area contributed by atoms with Crippen molar-refractivity contribution in [1.82, 2.24) is 20.4 Å². The van der Waals surface area contributed by atoms with E-state index in [-0.39, 0.29) is 15.7 Å². The van der Waals surface area contributed by atoms with E-state index in [1.54, 1.807) is 20.8 Å². The molecule has 20 heavy (non-hydrogen) atoms. The third kappa shape index (κ3) is 2.91. The molecule has 0 aromatic carbocycles. The monoisotopic (exact) mass is 314 g/mol. The zero-order chi connectivity index (χ0) is 14.9. The van der Waals surface area contributed by atoms with Crippen LogP contribution in [0.4, 0.5) is 0 Å². The zero-order valence-corrected chi connectivity index (χ0v) is 12.6. The van der Waals surface area contributed by atoms with Crippen LogP contribution < -0.4 is 5.32 Å². The van der Waals surface area contributed by atoms with E-state index in [2.05, 4.69) is 20.4 Å². The third-order valence-electron chi connectivity index (χ3n) is 2.60. The average Bonchev–Trinajstić information content (AvgIpc) is 2.79. The summed E-state index contributed by atoms with van der Waals surface area (Å²) in [6, 6.07) is 1.49. The summed E-state index contributed by atoms with van der Waals surface area (Å²) in [5.74, 6) is 0.402. The van der Waals surface area contributed by atoms with Gasteiger partial charge < -0.3 is 9.84 Å². The van der Waals surface area contributed by atoms with Crippen LogP contribution >= 0.6 is 23.2 Å². The van der Waals surface area contributed by atoms with Gasteiger partial charge in [-0.1, -0.05) is 28.4 Å². The normalized spacial score (nSPS) is 11.4. The standard InChI is InChI=1S/C12H12Cl2N4O2/c1-6-16-11(18-20-6)12(2,3)17-10(19)7-4-5-15-9(14)8(7)13/h4-5H,1-3H3,(H,17,19). The molecule has 2 heterocycles. The van der Waals surface area contributed by atoms with Gasteiger partial charge in [0.05, 0.1) is 16.1 Å². The highest BCUT2D eigenvalue weighted by Crippen LogP contribution is 2.24. The van der Waals surface area contributed by atoms with Gasteiger partial charge in [-0.15, -0.1) is 0 Å². The molecule has 0 saturated heterocycles. The summed E-state index contributed by atoms with van der Waals surface area (Å²) in [6.45, 7) is 5.19. The Kier molecular flexibility index (Phi) is 3.96. The van der Waals surface area contributed by atoms with Crippen LogP contribution in [-0.4, -0.2) is 21.0 Å². The number of rotatable bonds is 3. The first-order chi connectivity index (χ1) is 9.31. The Balaban J connectivity index is 2.25. The molecule has 1 amide bonds. The fourth-order valence-electron chi connectivity index (χ4n) is 1.55. The summed E-state index contributed by atoms with van der Waals surface area (Å²) in [4.78, 5) is 20.1. The molecule has 0 spiro atoms. The number of carbonyl (C=O) groups is 1. The van der Waals surface area contributed by atoms with Crippen molar-refractivity contribution in [2.45, 2.75) is 26.3 Å². The fraction of sp³-hybridized carbons (Fsp3) is 0.333. The first-order valence-electron chi connectivity index (χ1n) is 5.74. The van der Waals surface area contributed by atoms with Gasteiger partial charge in [0.1, 0.15) is 5.15 Å². The molecular weight excluding hydrogens is 303 g/mol. The molecule has 0 atom stereocenters. The molecule has 1 N–H and O–H groups in total. The second kappa shape index (κ2) is 5.38. The van der Waals surface area contributed by atoms with Crippen molar-refractivity contribution in [2.24, 2.45) is 0 Å². The minimum atomic E-state index is -0.812. The largest absolute Gasteiger partial charge is 0.340 e. The first-order valence-corrected chi connectivity index (χ1v) is 6.50. The number of hydrogen-bond acceptors (Lipinski definition) is 5.